The number of hydrogen-bond donors (Lipinski definition) is 3. The van der Waals surface area contributed by atoms with E-state index in [0.29, 0.717) is 11.1 Å². The lowest BCUT2D eigenvalue weighted by Crippen LogP contribution is -2.51. The minimum absolute atomic E-state index is 0.150. The molecule has 1 heterocycles. The van der Waals surface area contributed by atoms with Crippen LogP contribution in [0.3, 0.4) is 0 Å². The molecule has 0 aliphatic heterocycles. The van der Waals surface area contributed by atoms with Crippen molar-refractivity contribution < 1.29 is 9.53 Å². The van der Waals surface area contributed by atoms with E-state index in [4.69, 9.17) is 10.5 Å². The molecule has 0 spiro atoms. The van der Waals surface area contributed by atoms with Crippen molar-refractivity contribution >= 4 is 29.1 Å². The number of aromatic nitrogens is 2. The van der Waals surface area contributed by atoms with Gasteiger partial charge in [-0.1, -0.05) is 83.7 Å². The molecule has 244 valence electrons. The standard InChI is InChI=1S/C37H54N6O2/c1-23(2)10-9-11-24(3)29-16-17-30-28-15-14-25-22-27(18-20-36(25,4)31(28)19-21-37(29,30)5)45-35(44)39-34-32(33(38)42-43-34)41-40-26-12-7-6-8-13-26/h6-8,12-14,23-24,27-31H,9-11,15-22H2,1-5H3,(H4,38,39,42,43,44)/t24-,27?,28+,29-,30+,31+,36+,37-/m1/s1. The number of benzene rings is 1. The van der Waals surface area contributed by atoms with Gasteiger partial charge in [0.05, 0.1) is 5.69 Å². The fourth-order valence-corrected chi connectivity index (χ4v) is 10.2. The molecular formula is C37H54N6O2. The summed E-state index contributed by atoms with van der Waals surface area (Å²) in [5.74, 6) is 5.35. The van der Waals surface area contributed by atoms with Gasteiger partial charge in [-0.3, -0.25) is 10.4 Å². The molecule has 1 aromatic heterocycles. The molecule has 45 heavy (non-hydrogen) atoms. The minimum atomic E-state index is -0.534. The van der Waals surface area contributed by atoms with Gasteiger partial charge in [-0.05, 0) is 103 Å². The Morgan fingerprint density at radius 3 is 2.64 bits per heavy atom. The number of allylic oxidation sites excluding steroid dienone is 1. The maximum atomic E-state index is 13.0. The van der Waals surface area contributed by atoms with Crippen molar-refractivity contribution in [3.05, 3.63) is 42.0 Å². The quantitative estimate of drug-likeness (QED) is 0.192. The average molecular weight is 615 g/mol. The SMILES string of the molecule is CC(C)CCC[C@@H](C)[C@H]1CC[C@H]2[C@@H]3CC=C4CC(OC(=O)Nc5n[nH]c(N)c5N=Nc5ccccc5)CC[C@]4(C)[C@H]3CC[C@]12C. The van der Waals surface area contributed by atoms with Crippen LogP contribution in [0.5, 0.6) is 0 Å². The van der Waals surface area contributed by atoms with E-state index in [1.54, 1.807) is 0 Å². The van der Waals surface area contributed by atoms with Crippen molar-refractivity contribution in [2.75, 3.05) is 11.1 Å². The van der Waals surface area contributed by atoms with Gasteiger partial charge in [-0.2, -0.15) is 10.2 Å². The van der Waals surface area contributed by atoms with E-state index in [2.05, 4.69) is 66.4 Å². The van der Waals surface area contributed by atoms with E-state index in [0.717, 1.165) is 54.8 Å². The molecule has 4 aliphatic carbocycles. The predicted molar refractivity (Wildman–Crippen MR) is 181 cm³/mol. The molecule has 1 amide bonds. The molecule has 3 fully saturated rings. The first kappa shape index (κ1) is 31.8. The number of carbonyl (C=O) groups excluding carboxylic acids is 1. The molecule has 0 bridgehead atoms. The van der Waals surface area contributed by atoms with Gasteiger partial charge >= 0.3 is 6.09 Å². The lowest BCUT2D eigenvalue weighted by molar-refractivity contribution is -0.0577. The Kier molecular flexibility index (Phi) is 9.13. The summed E-state index contributed by atoms with van der Waals surface area (Å²) >= 11 is 0. The summed E-state index contributed by atoms with van der Waals surface area (Å²) in [4.78, 5) is 13.0. The number of hydrogen-bond acceptors (Lipinski definition) is 6. The zero-order valence-corrected chi connectivity index (χ0v) is 28.0. The van der Waals surface area contributed by atoms with Crippen molar-refractivity contribution in [3.63, 3.8) is 0 Å². The van der Waals surface area contributed by atoms with Gasteiger partial charge in [0.1, 0.15) is 11.9 Å². The Balaban J connectivity index is 1.07. The van der Waals surface area contributed by atoms with Crippen LogP contribution in [0, 0.1) is 46.3 Å². The number of ether oxygens (including phenoxy) is 1. The highest BCUT2D eigenvalue weighted by Crippen LogP contribution is 2.67. The van der Waals surface area contributed by atoms with E-state index in [-0.39, 0.29) is 28.8 Å². The fraction of sp³-hybridized carbons (Fsp3) is 0.676. The summed E-state index contributed by atoms with van der Waals surface area (Å²) < 4.78 is 5.97. The largest absolute Gasteiger partial charge is 0.446 e. The van der Waals surface area contributed by atoms with Crippen molar-refractivity contribution in [1.29, 1.82) is 0 Å². The lowest BCUT2D eigenvalue weighted by atomic mass is 9.47. The fourth-order valence-electron chi connectivity index (χ4n) is 10.2. The predicted octanol–water partition coefficient (Wildman–Crippen LogP) is 10.4. The van der Waals surface area contributed by atoms with Gasteiger partial charge in [-0.25, -0.2) is 4.79 Å². The molecule has 8 atom stereocenters. The van der Waals surface area contributed by atoms with Gasteiger partial charge in [-0.15, -0.1) is 5.11 Å². The van der Waals surface area contributed by atoms with Crippen molar-refractivity contribution in [2.24, 2.45) is 56.6 Å². The second kappa shape index (κ2) is 12.9. The number of nitrogen functional groups attached to an aromatic ring is 1. The first-order valence-electron chi connectivity index (χ1n) is 17.6. The number of nitrogens with one attached hydrogen (secondary N) is 2. The number of anilines is 2. The Labute approximate surface area is 269 Å². The molecule has 0 radical (unpaired) electrons. The molecular weight excluding hydrogens is 560 g/mol. The third-order valence-electron chi connectivity index (χ3n) is 12.5. The maximum Gasteiger partial charge on any atom is 0.413 e. The van der Waals surface area contributed by atoms with E-state index in [9.17, 15) is 4.79 Å². The third-order valence-corrected chi connectivity index (χ3v) is 12.5. The smallest absolute Gasteiger partial charge is 0.413 e. The van der Waals surface area contributed by atoms with Gasteiger partial charge in [0.25, 0.3) is 0 Å². The monoisotopic (exact) mass is 614 g/mol. The summed E-state index contributed by atoms with van der Waals surface area (Å²) in [6, 6.07) is 9.36. The molecule has 0 saturated heterocycles. The minimum Gasteiger partial charge on any atom is -0.446 e. The second-order valence-corrected chi connectivity index (χ2v) is 15.6. The Hall–Kier alpha value is -3.16. The number of nitrogens with zero attached hydrogens (tertiary/aromatic N) is 3. The van der Waals surface area contributed by atoms with Crippen LogP contribution in [0.2, 0.25) is 0 Å². The van der Waals surface area contributed by atoms with Gasteiger partial charge in [0.15, 0.2) is 11.5 Å². The molecule has 6 rings (SSSR count). The van der Waals surface area contributed by atoms with E-state index in [1.807, 2.05) is 30.3 Å². The normalized spacial score (nSPS) is 33.3. The van der Waals surface area contributed by atoms with Crippen LogP contribution < -0.4 is 11.1 Å². The van der Waals surface area contributed by atoms with Crippen LogP contribution in [-0.4, -0.2) is 22.4 Å². The molecule has 8 heteroatoms. The van der Waals surface area contributed by atoms with E-state index in [1.165, 1.54) is 56.9 Å². The Morgan fingerprint density at radius 1 is 1.07 bits per heavy atom. The van der Waals surface area contributed by atoms with Crippen LogP contribution in [0.25, 0.3) is 0 Å². The molecule has 8 nitrogen and oxygen atoms in total. The summed E-state index contributed by atoms with van der Waals surface area (Å²) in [7, 11) is 0. The Bertz CT molecular complexity index is 1400. The molecule has 1 aromatic carbocycles. The number of rotatable bonds is 9. The summed E-state index contributed by atoms with van der Waals surface area (Å²) in [6.45, 7) is 12.4. The number of amides is 1. The summed E-state index contributed by atoms with van der Waals surface area (Å²) in [6.07, 6.45) is 15.5. The zero-order chi connectivity index (χ0) is 31.8. The van der Waals surface area contributed by atoms with Crippen molar-refractivity contribution in [2.45, 2.75) is 111 Å². The lowest BCUT2D eigenvalue weighted by Gasteiger charge is -2.58. The number of azo groups is 1. The van der Waals surface area contributed by atoms with Crippen LogP contribution in [0.15, 0.2) is 52.2 Å². The van der Waals surface area contributed by atoms with Crippen LogP contribution in [0.4, 0.5) is 27.8 Å². The third kappa shape index (κ3) is 6.31. The molecule has 4 aliphatic rings. The number of carbonyl (C=O) groups is 1. The van der Waals surface area contributed by atoms with Gasteiger partial charge in [0, 0.05) is 6.42 Å². The van der Waals surface area contributed by atoms with Crippen molar-refractivity contribution in [1.82, 2.24) is 10.2 Å². The molecule has 2 aromatic rings. The number of H-pyrrole nitrogens is 1. The first-order valence-corrected chi connectivity index (χ1v) is 17.6. The zero-order valence-electron chi connectivity index (χ0n) is 28.0. The number of fused-ring (bicyclic) bond motifs is 5. The summed E-state index contributed by atoms with van der Waals surface area (Å²) in [5, 5.41) is 18.0. The summed E-state index contributed by atoms with van der Waals surface area (Å²) in [5.41, 5.74) is 9.21. The molecule has 4 N–H and O–H groups in total. The molecule has 3 saturated carbocycles. The maximum absolute atomic E-state index is 13.0. The Morgan fingerprint density at radius 2 is 1.87 bits per heavy atom. The highest BCUT2D eigenvalue weighted by molar-refractivity contribution is 5.89. The highest BCUT2D eigenvalue weighted by atomic mass is 16.6. The van der Waals surface area contributed by atoms with Crippen LogP contribution in [-0.2, 0) is 4.74 Å². The van der Waals surface area contributed by atoms with Gasteiger partial charge < -0.3 is 10.5 Å². The van der Waals surface area contributed by atoms with Crippen LogP contribution in [0.1, 0.15) is 105 Å². The first-order chi connectivity index (χ1) is 21.6. The number of nitrogens with two attached hydrogens (primary N) is 1. The topological polar surface area (TPSA) is 118 Å². The molecule has 1 unspecified atom stereocenters. The van der Waals surface area contributed by atoms with Crippen LogP contribution >= 0.6 is 0 Å². The highest BCUT2D eigenvalue weighted by Gasteiger charge is 2.59. The van der Waals surface area contributed by atoms with E-state index >= 15 is 0 Å². The van der Waals surface area contributed by atoms with Gasteiger partial charge in [0.2, 0.25) is 0 Å². The second-order valence-electron chi connectivity index (χ2n) is 15.6. The van der Waals surface area contributed by atoms with Crippen molar-refractivity contribution in [3.8, 4) is 0 Å². The average Bonchev–Trinajstić information content (AvgIpc) is 3.55. The number of aromatic amines is 1. The van der Waals surface area contributed by atoms with E-state index < -0.39 is 6.09 Å².